The van der Waals surface area contributed by atoms with Gasteiger partial charge in [0.2, 0.25) is 0 Å². The molecule has 0 saturated carbocycles. The van der Waals surface area contributed by atoms with Crippen LogP contribution in [0.15, 0.2) is 59.3 Å². The quantitative estimate of drug-likeness (QED) is 0.586. The molecule has 0 amide bonds. The molecule has 0 spiro atoms. The number of carbonyl (C=O) groups is 1. The molecule has 0 aromatic rings. The standard InChI is InChI=1S/C22H32O2/c1-16(10-8-12-18(3)22(6,7)20(23)24)13-14-19-17(2)11-9-15-21(19,4)5/h8,10,12-14H,3,9,11,15H2,1-2,4-7H3,(H,23,24)/b12-8+,14-13+,16-10+. The van der Waals surface area contributed by atoms with Gasteiger partial charge < -0.3 is 5.11 Å². The summed E-state index contributed by atoms with van der Waals surface area (Å²) in [6.07, 6.45) is 13.7. The number of carboxylic acid groups (broad SMARTS) is 1. The van der Waals surface area contributed by atoms with Crippen LogP contribution in [0.1, 0.15) is 60.8 Å². The molecule has 132 valence electrons. The molecule has 0 atom stereocenters. The lowest BCUT2D eigenvalue weighted by atomic mass is 9.72. The summed E-state index contributed by atoms with van der Waals surface area (Å²) in [5, 5.41) is 9.20. The van der Waals surface area contributed by atoms with E-state index in [0.717, 1.165) is 5.57 Å². The van der Waals surface area contributed by atoms with Gasteiger partial charge >= 0.3 is 5.97 Å². The van der Waals surface area contributed by atoms with Crippen molar-refractivity contribution in [1.82, 2.24) is 0 Å². The first kappa shape index (κ1) is 20.2. The molecule has 0 radical (unpaired) electrons. The minimum Gasteiger partial charge on any atom is -0.481 e. The van der Waals surface area contributed by atoms with E-state index >= 15 is 0 Å². The van der Waals surface area contributed by atoms with Crippen molar-refractivity contribution in [3.05, 3.63) is 59.3 Å². The Balaban J connectivity index is 2.83. The predicted octanol–water partition coefficient (Wildman–Crippen LogP) is 6.24. The average Bonchev–Trinajstić information content (AvgIpc) is 2.45. The van der Waals surface area contributed by atoms with Crippen LogP contribution >= 0.6 is 0 Å². The van der Waals surface area contributed by atoms with Gasteiger partial charge in [-0.2, -0.15) is 0 Å². The van der Waals surface area contributed by atoms with Crippen molar-refractivity contribution < 1.29 is 9.90 Å². The van der Waals surface area contributed by atoms with Gasteiger partial charge in [-0.25, -0.2) is 0 Å². The topological polar surface area (TPSA) is 37.3 Å². The van der Waals surface area contributed by atoms with Crippen LogP contribution in [0.25, 0.3) is 0 Å². The van der Waals surface area contributed by atoms with E-state index < -0.39 is 11.4 Å². The third-order valence-corrected chi connectivity index (χ3v) is 5.05. The van der Waals surface area contributed by atoms with Gasteiger partial charge in [0, 0.05) is 0 Å². The van der Waals surface area contributed by atoms with Crippen LogP contribution < -0.4 is 0 Å². The third-order valence-electron chi connectivity index (χ3n) is 5.05. The van der Waals surface area contributed by atoms with Crippen molar-refractivity contribution in [2.45, 2.75) is 60.8 Å². The normalized spacial score (nSPS) is 19.3. The lowest BCUT2D eigenvalue weighted by Gasteiger charge is -2.32. The zero-order valence-electron chi connectivity index (χ0n) is 16.1. The Morgan fingerprint density at radius 2 is 1.92 bits per heavy atom. The molecule has 0 unspecified atom stereocenters. The summed E-state index contributed by atoms with van der Waals surface area (Å²) in [6.45, 7) is 16.1. The number of hydrogen-bond acceptors (Lipinski definition) is 1. The van der Waals surface area contributed by atoms with E-state index in [1.54, 1.807) is 19.9 Å². The third kappa shape index (κ3) is 5.09. The Labute approximate surface area is 147 Å². The molecule has 0 aliphatic heterocycles. The zero-order chi connectivity index (χ0) is 18.5. The van der Waals surface area contributed by atoms with E-state index in [-0.39, 0.29) is 5.41 Å². The molecule has 24 heavy (non-hydrogen) atoms. The first-order chi connectivity index (χ1) is 11.0. The van der Waals surface area contributed by atoms with Gasteiger partial charge in [-0.15, -0.1) is 0 Å². The summed E-state index contributed by atoms with van der Waals surface area (Å²) in [7, 11) is 0. The molecular weight excluding hydrogens is 296 g/mol. The van der Waals surface area contributed by atoms with Gasteiger partial charge in [0.25, 0.3) is 0 Å². The van der Waals surface area contributed by atoms with E-state index in [9.17, 15) is 9.90 Å². The molecule has 1 rings (SSSR count). The highest BCUT2D eigenvalue weighted by Crippen LogP contribution is 2.40. The second kappa shape index (κ2) is 7.83. The Hall–Kier alpha value is -1.83. The molecule has 0 aromatic heterocycles. The van der Waals surface area contributed by atoms with E-state index in [1.807, 2.05) is 12.2 Å². The van der Waals surface area contributed by atoms with E-state index in [1.165, 1.54) is 30.4 Å². The van der Waals surface area contributed by atoms with Gasteiger partial charge in [-0.3, -0.25) is 4.79 Å². The van der Waals surface area contributed by atoms with Crippen molar-refractivity contribution in [1.29, 1.82) is 0 Å². The van der Waals surface area contributed by atoms with Crippen molar-refractivity contribution in [2.24, 2.45) is 10.8 Å². The molecule has 2 nitrogen and oxygen atoms in total. The fourth-order valence-electron chi connectivity index (χ4n) is 2.94. The van der Waals surface area contributed by atoms with Crippen LogP contribution in [0.5, 0.6) is 0 Å². The largest absolute Gasteiger partial charge is 0.481 e. The van der Waals surface area contributed by atoms with Gasteiger partial charge in [0.15, 0.2) is 0 Å². The summed E-state index contributed by atoms with van der Waals surface area (Å²) >= 11 is 0. The Kier molecular flexibility index (Phi) is 6.59. The van der Waals surface area contributed by atoms with Crippen LogP contribution in [0.4, 0.5) is 0 Å². The SMILES string of the molecule is C=C(/C=C/C=C(C)/C=C/C1=C(C)CCCC1(C)C)C(C)(C)C(=O)O. The summed E-state index contributed by atoms with van der Waals surface area (Å²) in [5.41, 5.74) is 3.96. The second-order valence-corrected chi connectivity index (χ2v) is 7.99. The fourth-order valence-corrected chi connectivity index (χ4v) is 2.94. The predicted molar refractivity (Wildman–Crippen MR) is 103 cm³/mol. The summed E-state index contributed by atoms with van der Waals surface area (Å²) in [4.78, 5) is 11.2. The minimum absolute atomic E-state index is 0.245. The molecule has 0 fully saturated rings. The Morgan fingerprint density at radius 3 is 2.46 bits per heavy atom. The molecule has 1 N–H and O–H groups in total. The van der Waals surface area contributed by atoms with Gasteiger partial charge in [-0.1, -0.05) is 62.0 Å². The number of hydrogen-bond donors (Lipinski definition) is 1. The second-order valence-electron chi connectivity index (χ2n) is 7.99. The average molecular weight is 328 g/mol. The fraction of sp³-hybridized carbons (Fsp3) is 0.500. The van der Waals surface area contributed by atoms with E-state index in [2.05, 4.69) is 46.4 Å². The van der Waals surface area contributed by atoms with Gasteiger partial charge in [0.1, 0.15) is 0 Å². The van der Waals surface area contributed by atoms with Gasteiger partial charge in [0.05, 0.1) is 5.41 Å². The van der Waals surface area contributed by atoms with Crippen LogP contribution in [-0.4, -0.2) is 11.1 Å². The van der Waals surface area contributed by atoms with Crippen LogP contribution in [0.3, 0.4) is 0 Å². The number of aliphatic carboxylic acids is 1. The highest BCUT2D eigenvalue weighted by Gasteiger charge is 2.29. The van der Waals surface area contributed by atoms with Crippen LogP contribution in [0.2, 0.25) is 0 Å². The maximum Gasteiger partial charge on any atom is 0.313 e. The number of carboxylic acids is 1. The highest BCUT2D eigenvalue weighted by atomic mass is 16.4. The highest BCUT2D eigenvalue weighted by molar-refractivity contribution is 5.78. The molecule has 0 heterocycles. The lowest BCUT2D eigenvalue weighted by Crippen LogP contribution is -2.24. The van der Waals surface area contributed by atoms with Crippen LogP contribution in [-0.2, 0) is 4.79 Å². The van der Waals surface area contributed by atoms with E-state index in [0.29, 0.717) is 5.57 Å². The van der Waals surface area contributed by atoms with Gasteiger partial charge in [-0.05, 0) is 63.5 Å². The number of rotatable bonds is 6. The lowest BCUT2D eigenvalue weighted by molar-refractivity contribution is -0.144. The smallest absolute Gasteiger partial charge is 0.313 e. The summed E-state index contributed by atoms with van der Waals surface area (Å²) in [5.74, 6) is -0.861. The maximum atomic E-state index is 11.2. The maximum absolute atomic E-state index is 11.2. The summed E-state index contributed by atoms with van der Waals surface area (Å²) in [6, 6.07) is 0. The molecule has 2 heteroatoms. The Morgan fingerprint density at radius 1 is 1.29 bits per heavy atom. The number of allylic oxidation sites excluding steroid dienone is 8. The molecule has 0 aromatic carbocycles. The zero-order valence-corrected chi connectivity index (χ0v) is 16.1. The molecule has 1 aliphatic rings. The molecular formula is C22H32O2. The van der Waals surface area contributed by atoms with Crippen molar-refractivity contribution in [3.63, 3.8) is 0 Å². The Bertz CT molecular complexity index is 622. The molecule has 0 bridgehead atoms. The first-order valence-electron chi connectivity index (χ1n) is 8.64. The van der Waals surface area contributed by atoms with Crippen molar-refractivity contribution in [2.75, 3.05) is 0 Å². The summed E-state index contributed by atoms with van der Waals surface area (Å²) < 4.78 is 0. The van der Waals surface area contributed by atoms with Crippen LogP contribution in [0, 0.1) is 10.8 Å². The molecule has 0 saturated heterocycles. The van der Waals surface area contributed by atoms with E-state index in [4.69, 9.17) is 0 Å². The monoisotopic (exact) mass is 328 g/mol. The molecule has 1 aliphatic carbocycles. The first-order valence-corrected chi connectivity index (χ1v) is 8.64. The minimum atomic E-state index is -0.942. The van der Waals surface area contributed by atoms with Crippen molar-refractivity contribution >= 4 is 5.97 Å². The van der Waals surface area contributed by atoms with Crippen molar-refractivity contribution in [3.8, 4) is 0 Å².